The second-order valence-corrected chi connectivity index (χ2v) is 7.01. The number of aromatic amines is 1. The maximum atomic E-state index is 4.59. The fourth-order valence-electron chi connectivity index (χ4n) is 3.64. The van der Waals surface area contributed by atoms with Crippen LogP contribution < -0.4 is 0 Å². The molecule has 1 N–H and O–H groups in total. The van der Waals surface area contributed by atoms with Crippen molar-refractivity contribution >= 4 is 0 Å². The fraction of sp³-hybridized carbons (Fsp3) is 0. The Labute approximate surface area is 170 Å². The van der Waals surface area contributed by atoms with Gasteiger partial charge in [0.1, 0.15) is 0 Å². The summed E-state index contributed by atoms with van der Waals surface area (Å²) in [5.74, 6) is 0. The molecule has 0 saturated heterocycles. The zero-order valence-corrected chi connectivity index (χ0v) is 15.9. The molecule has 0 radical (unpaired) electrons. The van der Waals surface area contributed by atoms with Crippen LogP contribution in [0.4, 0.5) is 0 Å². The first kappa shape index (κ1) is 17.2. The predicted molar refractivity (Wildman–Crippen MR) is 120 cm³/mol. The average Bonchev–Trinajstić information content (AvgIpc) is 3.30. The molecule has 0 fully saturated rings. The fourth-order valence-corrected chi connectivity index (χ4v) is 3.64. The topological polar surface area (TPSA) is 28.7 Å². The van der Waals surface area contributed by atoms with Gasteiger partial charge in [-0.15, -0.1) is 0 Å². The maximum Gasteiger partial charge on any atom is 0.0960 e. The summed E-state index contributed by atoms with van der Waals surface area (Å²) in [6, 6.07) is 38.1. The summed E-state index contributed by atoms with van der Waals surface area (Å²) in [6.45, 7) is 0. The molecule has 0 spiro atoms. The van der Waals surface area contributed by atoms with Gasteiger partial charge in [0.15, 0.2) is 0 Å². The Bertz CT molecular complexity index is 1110. The number of benzene rings is 4. The molecule has 0 aliphatic rings. The van der Waals surface area contributed by atoms with E-state index in [-0.39, 0.29) is 0 Å². The van der Waals surface area contributed by atoms with E-state index in [0.717, 1.165) is 22.5 Å². The predicted octanol–water partition coefficient (Wildman–Crippen LogP) is 7.08. The molecule has 2 heteroatoms. The zero-order chi connectivity index (χ0) is 19.5. The number of imidazole rings is 1. The monoisotopic (exact) mass is 372 g/mol. The lowest BCUT2D eigenvalue weighted by molar-refractivity contribution is 1.31. The number of hydrogen-bond acceptors (Lipinski definition) is 1. The molecule has 0 saturated carbocycles. The molecule has 1 heterocycles. The van der Waals surface area contributed by atoms with Crippen molar-refractivity contribution in [2.75, 3.05) is 0 Å². The molecule has 138 valence electrons. The summed E-state index contributed by atoms with van der Waals surface area (Å²) < 4.78 is 0. The summed E-state index contributed by atoms with van der Waals surface area (Å²) in [6.07, 6.45) is 1.76. The van der Waals surface area contributed by atoms with Gasteiger partial charge in [-0.05, 0) is 22.3 Å². The normalized spacial score (nSPS) is 10.8. The van der Waals surface area contributed by atoms with Crippen molar-refractivity contribution < 1.29 is 0 Å². The summed E-state index contributed by atoms with van der Waals surface area (Å²) in [4.78, 5) is 7.91. The van der Waals surface area contributed by atoms with Crippen LogP contribution in [0.3, 0.4) is 0 Å². The molecule has 0 atom stereocenters. The Balaban J connectivity index is 1.45. The van der Waals surface area contributed by atoms with Gasteiger partial charge in [0.2, 0.25) is 0 Å². The Hall–Kier alpha value is -3.91. The summed E-state index contributed by atoms with van der Waals surface area (Å²) in [5, 5.41) is 0. The van der Waals surface area contributed by atoms with Crippen LogP contribution in [-0.4, -0.2) is 9.97 Å². The molecule has 0 aliphatic carbocycles. The van der Waals surface area contributed by atoms with Gasteiger partial charge in [-0.1, -0.05) is 109 Å². The van der Waals surface area contributed by atoms with E-state index >= 15 is 0 Å². The van der Waals surface area contributed by atoms with Gasteiger partial charge < -0.3 is 4.98 Å². The lowest BCUT2D eigenvalue weighted by Gasteiger charge is -2.07. The first-order chi connectivity index (χ1) is 14.4. The molecule has 5 aromatic rings. The summed E-state index contributed by atoms with van der Waals surface area (Å²) >= 11 is 0. The number of H-pyrrole nitrogens is 1. The van der Waals surface area contributed by atoms with Crippen molar-refractivity contribution in [1.29, 1.82) is 0 Å². The largest absolute Gasteiger partial charge is 0.344 e. The van der Waals surface area contributed by atoms with Gasteiger partial charge in [0, 0.05) is 11.1 Å². The number of nitrogens with zero attached hydrogens (tertiary/aromatic N) is 1. The second-order valence-electron chi connectivity index (χ2n) is 7.01. The standard InChI is InChI=1S/C27H20N2/c1-3-7-20(8-4-1)22-11-15-24(16-12-22)26-27(29-19-28-26)25-17-13-23(14-18-25)21-9-5-2-6-10-21/h1-19H,(H,28,29). The van der Waals surface area contributed by atoms with E-state index in [0.29, 0.717) is 0 Å². The van der Waals surface area contributed by atoms with Crippen LogP contribution >= 0.6 is 0 Å². The van der Waals surface area contributed by atoms with Crippen molar-refractivity contribution in [2.45, 2.75) is 0 Å². The second kappa shape index (κ2) is 7.61. The lowest BCUT2D eigenvalue weighted by Crippen LogP contribution is -1.85. The minimum Gasteiger partial charge on any atom is -0.344 e. The van der Waals surface area contributed by atoms with E-state index in [1.807, 2.05) is 12.1 Å². The quantitative estimate of drug-likeness (QED) is 0.359. The highest BCUT2D eigenvalue weighted by Crippen LogP contribution is 2.32. The van der Waals surface area contributed by atoms with E-state index < -0.39 is 0 Å². The summed E-state index contributed by atoms with van der Waals surface area (Å²) in [5.41, 5.74) is 9.10. The molecule has 29 heavy (non-hydrogen) atoms. The molecule has 1 aromatic heterocycles. The minimum absolute atomic E-state index is 0.970. The number of hydrogen-bond donors (Lipinski definition) is 1. The third-order valence-electron chi connectivity index (χ3n) is 5.19. The van der Waals surface area contributed by atoms with Crippen LogP contribution in [0.1, 0.15) is 0 Å². The highest BCUT2D eigenvalue weighted by molar-refractivity contribution is 5.80. The Morgan fingerprint density at radius 2 is 0.828 bits per heavy atom. The van der Waals surface area contributed by atoms with Crippen LogP contribution in [0.2, 0.25) is 0 Å². The first-order valence-electron chi connectivity index (χ1n) is 9.73. The molecule has 0 amide bonds. The smallest absolute Gasteiger partial charge is 0.0960 e. The van der Waals surface area contributed by atoms with Gasteiger partial charge in [-0.2, -0.15) is 0 Å². The molecule has 0 aliphatic heterocycles. The van der Waals surface area contributed by atoms with Crippen molar-refractivity contribution in [3.05, 3.63) is 116 Å². The van der Waals surface area contributed by atoms with Crippen LogP contribution in [0, 0.1) is 0 Å². The number of aromatic nitrogens is 2. The van der Waals surface area contributed by atoms with Crippen molar-refractivity contribution in [3.8, 4) is 44.8 Å². The van der Waals surface area contributed by atoms with E-state index in [9.17, 15) is 0 Å². The minimum atomic E-state index is 0.970. The van der Waals surface area contributed by atoms with E-state index in [4.69, 9.17) is 0 Å². The molecule has 4 aromatic carbocycles. The van der Waals surface area contributed by atoms with Crippen molar-refractivity contribution in [1.82, 2.24) is 9.97 Å². The lowest BCUT2D eigenvalue weighted by atomic mass is 9.99. The van der Waals surface area contributed by atoms with Gasteiger partial charge >= 0.3 is 0 Å². The third-order valence-corrected chi connectivity index (χ3v) is 5.19. The van der Waals surface area contributed by atoms with Gasteiger partial charge in [0.25, 0.3) is 0 Å². The van der Waals surface area contributed by atoms with Crippen molar-refractivity contribution in [3.63, 3.8) is 0 Å². The maximum absolute atomic E-state index is 4.59. The Kier molecular flexibility index (Phi) is 4.51. The van der Waals surface area contributed by atoms with Crippen LogP contribution in [-0.2, 0) is 0 Å². The van der Waals surface area contributed by atoms with Gasteiger partial charge in [0.05, 0.1) is 17.7 Å². The van der Waals surface area contributed by atoms with E-state index in [2.05, 4.69) is 107 Å². The molecule has 5 rings (SSSR count). The Morgan fingerprint density at radius 3 is 1.34 bits per heavy atom. The molecule has 0 bridgehead atoms. The number of nitrogens with one attached hydrogen (secondary N) is 1. The van der Waals surface area contributed by atoms with Crippen LogP contribution in [0.5, 0.6) is 0 Å². The zero-order valence-electron chi connectivity index (χ0n) is 15.9. The van der Waals surface area contributed by atoms with Gasteiger partial charge in [-0.3, -0.25) is 0 Å². The molecule has 0 unspecified atom stereocenters. The SMILES string of the molecule is c1ccc(-c2ccc(-c3nc[nH]c3-c3ccc(-c4ccccc4)cc3)cc2)cc1. The highest BCUT2D eigenvalue weighted by Gasteiger charge is 2.11. The van der Waals surface area contributed by atoms with Gasteiger partial charge in [-0.25, -0.2) is 4.98 Å². The van der Waals surface area contributed by atoms with Crippen LogP contribution in [0.15, 0.2) is 116 Å². The van der Waals surface area contributed by atoms with Crippen LogP contribution in [0.25, 0.3) is 44.8 Å². The van der Waals surface area contributed by atoms with E-state index in [1.54, 1.807) is 6.33 Å². The summed E-state index contributed by atoms with van der Waals surface area (Å²) in [7, 11) is 0. The Morgan fingerprint density at radius 1 is 0.414 bits per heavy atom. The first-order valence-corrected chi connectivity index (χ1v) is 9.73. The molecular formula is C27H20N2. The molecular weight excluding hydrogens is 352 g/mol. The average molecular weight is 372 g/mol. The number of rotatable bonds is 4. The molecule has 2 nitrogen and oxygen atoms in total. The van der Waals surface area contributed by atoms with E-state index in [1.165, 1.54) is 22.3 Å². The van der Waals surface area contributed by atoms with Crippen molar-refractivity contribution in [2.24, 2.45) is 0 Å². The third kappa shape index (κ3) is 3.48. The highest BCUT2D eigenvalue weighted by atomic mass is 14.9.